The van der Waals surface area contributed by atoms with E-state index in [0.717, 1.165) is 15.7 Å². The molecule has 2 rings (SSSR count). The summed E-state index contributed by atoms with van der Waals surface area (Å²) in [5.41, 5.74) is 3.21. The van der Waals surface area contributed by atoms with Gasteiger partial charge in [-0.1, -0.05) is 61.0 Å². The Morgan fingerprint density at radius 3 is 2.14 bits per heavy atom. The molecule has 2 aromatic carbocycles. The Kier molecular flexibility index (Phi) is 5.24. The van der Waals surface area contributed by atoms with E-state index in [9.17, 15) is 4.79 Å². The van der Waals surface area contributed by atoms with Crippen molar-refractivity contribution in [3.63, 3.8) is 0 Å². The first-order valence-corrected chi connectivity index (χ1v) is 8.04. The van der Waals surface area contributed by atoms with Gasteiger partial charge in [-0.3, -0.25) is 0 Å². The van der Waals surface area contributed by atoms with Gasteiger partial charge in [-0.05, 0) is 40.8 Å². The number of carbonyl (C=O) groups excluding carboxylic acids is 1. The molecule has 3 nitrogen and oxygen atoms in total. The fourth-order valence-electron chi connectivity index (χ4n) is 2.01. The lowest BCUT2D eigenvalue weighted by molar-refractivity contribution is 0.251. The van der Waals surface area contributed by atoms with Crippen molar-refractivity contribution >= 4 is 27.6 Å². The van der Waals surface area contributed by atoms with Gasteiger partial charge in [0.1, 0.15) is 0 Å². The number of anilines is 1. The van der Waals surface area contributed by atoms with Crippen molar-refractivity contribution in [1.82, 2.24) is 5.32 Å². The average molecular weight is 361 g/mol. The molecule has 0 spiro atoms. The topological polar surface area (TPSA) is 41.1 Å². The molecule has 0 aliphatic heterocycles. The molecule has 0 bridgehead atoms. The molecule has 0 radical (unpaired) electrons. The highest BCUT2D eigenvalue weighted by molar-refractivity contribution is 9.10. The van der Waals surface area contributed by atoms with Crippen molar-refractivity contribution in [2.24, 2.45) is 0 Å². The molecule has 0 aliphatic carbocycles. The molecule has 0 fully saturated rings. The first kappa shape index (κ1) is 16.6. The third-order valence-corrected chi connectivity index (χ3v) is 3.90. The Balaban J connectivity index is 1.88. The molecule has 0 atom stereocenters. The molecule has 0 saturated heterocycles. The maximum Gasteiger partial charge on any atom is 0.319 e. The Labute approximate surface area is 140 Å². The number of amides is 2. The smallest absolute Gasteiger partial charge is 0.319 e. The zero-order valence-corrected chi connectivity index (χ0v) is 14.7. The van der Waals surface area contributed by atoms with E-state index in [2.05, 4.69) is 47.3 Å². The van der Waals surface area contributed by atoms with E-state index in [4.69, 9.17) is 0 Å². The lowest BCUT2D eigenvalue weighted by atomic mass is 9.87. The lowest BCUT2D eigenvalue weighted by Gasteiger charge is -2.19. The first-order chi connectivity index (χ1) is 10.3. The van der Waals surface area contributed by atoms with Crippen LogP contribution in [-0.4, -0.2) is 6.03 Å². The molecule has 0 unspecified atom stereocenters. The van der Waals surface area contributed by atoms with Crippen LogP contribution in [0.3, 0.4) is 0 Å². The van der Waals surface area contributed by atoms with Crippen molar-refractivity contribution in [3.05, 3.63) is 64.1 Å². The SMILES string of the molecule is CC(C)(C)c1ccc(NC(=O)NCc2ccc(Br)cc2)cc1. The van der Waals surface area contributed by atoms with Gasteiger partial charge in [-0.15, -0.1) is 0 Å². The minimum Gasteiger partial charge on any atom is -0.334 e. The van der Waals surface area contributed by atoms with Gasteiger partial charge in [0.25, 0.3) is 0 Å². The van der Waals surface area contributed by atoms with Gasteiger partial charge in [-0.2, -0.15) is 0 Å². The second-order valence-electron chi connectivity index (χ2n) is 6.26. The van der Waals surface area contributed by atoms with Gasteiger partial charge in [0.2, 0.25) is 0 Å². The number of hydrogen-bond acceptors (Lipinski definition) is 1. The molecule has 2 aromatic rings. The van der Waals surface area contributed by atoms with E-state index >= 15 is 0 Å². The summed E-state index contributed by atoms with van der Waals surface area (Å²) >= 11 is 3.39. The minimum atomic E-state index is -0.202. The summed E-state index contributed by atoms with van der Waals surface area (Å²) < 4.78 is 1.03. The van der Waals surface area contributed by atoms with Gasteiger partial charge in [0.05, 0.1) is 0 Å². The molecule has 4 heteroatoms. The zero-order valence-electron chi connectivity index (χ0n) is 13.1. The predicted molar refractivity (Wildman–Crippen MR) is 95.1 cm³/mol. The van der Waals surface area contributed by atoms with Crippen LogP contribution in [0.15, 0.2) is 53.0 Å². The van der Waals surface area contributed by atoms with E-state index < -0.39 is 0 Å². The molecule has 0 heterocycles. The van der Waals surface area contributed by atoms with Gasteiger partial charge in [0.15, 0.2) is 0 Å². The van der Waals surface area contributed by atoms with Crippen molar-refractivity contribution in [1.29, 1.82) is 0 Å². The van der Waals surface area contributed by atoms with Crippen LogP contribution >= 0.6 is 15.9 Å². The summed E-state index contributed by atoms with van der Waals surface area (Å²) in [5, 5.41) is 5.69. The molecular weight excluding hydrogens is 340 g/mol. The molecule has 0 aromatic heterocycles. The van der Waals surface area contributed by atoms with Crippen molar-refractivity contribution in [3.8, 4) is 0 Å². The number of halogens is 1. The van der Waals surface area contributed by atoms with Crippen molar-refractivity contribution < 1.29 is 4.79 Å². The van der Waals surface area contributed by atoms with E-state index in [0.29, 0.717) is 6.54 Å². The van der Waals surface area contributed by atoms with Crippen LogP contribution in [0.4, 0.5) is 10.5 Å². The van der Waals surface area contributed by atoms with Gasteiger partial charge >= 0.3 is 6.03 Å². The van der Waals surface area contributed by atoms with Gasteiger partial charge in [0, 0.05) is 16.7 Å². The number of rotatable bonds is 3. The summed E-state index contributed by atoms with van der Waals surface area (Å²) in [4.78, 5) is 11.9. The van der Waals surface area contributed by atoms with E-state index in [1.54, 1.807) is 0 Å². The second-order valence-corrected chi connectivity index (χ2v) is 7.18. The van der Waals surface area contributed by atoms with Crippen LogP contribution in [0.1, 0.15) is 31.9 Å². The third kappa shape index (κ3) is 4.88. The first-order valence-electron chi connectivity index (χ1n) is 7.24. The summed E-state index contributed by atoms with van der Waals surface area (Å²) in [5.74, 6) is 0. The van der Waals surface area contributed by atoms with Crippen molar-refractivity contribution in [2.45, 2.75) is 32.7 Å². The normalized spacial score (nSPS) is 11.1. The van der Waals surface area contributed by atoms with Crippen LogP contribution in [0, 0.1) is 0 Å². The zero-order chi connectivity index (χ0) is 16.2. The van der Waals surface area contributed by atoms with Gasteiger partial charge < -0.3 is 10.6 Å². The largest absolute Gasteiger partial charge is 0.334 e. The van der Waals surface area contributed by atoms with Crippen LogP contribution < -0.4 is 10.6 Å². The molecular formula is C18H21BrN2O. The van der Waals surface area contributed by atoms with Crippen LogP contribution in [0.2, 0.25) is 0 Å². The average Bonchev–Trinajstić information content (AvgIpc) is 2.46. The maximum atomic E-state index is 11.9. The summed E-state index contributed by atoms with van der Waals surface area (Å²) in [6, 6.07) is 15.6. The fraction of sp³-hybridized carbons (Fsp3) is 0.278. The monoisotopic (exact) mass is 360 g/mol. The minimum absolute atomic E-state index is 0.113. The van der Waals surface area contributed by atoms with Crippen LogP contribution in [0.5, 0.6) is 0 Å². The maximum absolute atomic E-state index is 11.9. The predicted octanol–water partition coefficient (Wildman–Crippen LogP) is 5.07. The Bertz CT molecular complexity index is 628. The molecule has 0 aliphatic rings. The number of urea groups is 1. The van der Waals surface area contributed by atoms with E-state index in [1.165, 1.54) is 5.56 Å². The van der Waals surface area contributed by atoms with E-state index in [1.807, 2.05) is 48.5 Å². The summed E-state index contributed by atoms with van der Waals surface area (Å²) in [6.45, 7) is 7.00. The molecule has 116 valence electrons. The number of hydrogen-bond donors (Lipinski definition) is 2. The van der Waals surface area contributed by atoms with Gasteiger partial charge in [-0.25, -0.2) is 4.79 Å². The quantitative estimate of drug-likeness (QED) is 0.788. The molecule has 2 amide bonds. The second kappa shape index (κ2) is 6.97. The summed E-state index contributed by atoms with van der Waals surface area (Å²) in [7, 11) is 0. The third-order valence-electron chi connectivity index (χ3n) is 3.38. The van der Waals surface area contributed by atoms with Crippen LogP contribution in [-0.2, 0) is 12.0 Å². The lowest BCUT2D eigenvalue weighted by Crippen LogP contribution is -2.28. The number of benzene rings is 2. The summed E-state index contributed by atoms with van der Waals surface area (Å²) in [6.07, 6.45) is 0. The van der Waals surface area contributed by atoms with Crippen LogP contribution in [0.25, 0.3) is 0 Å². The Hall–Kier alpha value is -1.81. The van der Waals surface area contributed by atoms with Crippen molar-refractivity contribution in [2.75, 3.05) is 5.32 Å². The highest BCUT2D eigenvalue weighted by Gasteiger charge is 2.13. The highest BCUT2D eigenvalue weighted by Crippen LogP contribution is 2.23. The molecule has 0 saturated carbocycles. The number of carbonyl (C=O) groups is 1. The molecule has 22 heavy (non-hydrogen) atoms. The molecule has 2 N–H and O–H groups in total. The fourth-order valence-corrected chi connectivity index (χ4v) is 2.28. The Morgan fingerprint density at radius 1 is 1.00 bits per heavy atom. The highest BCUT2D eigenvalue weighted by atomic mass is 79.9. The number of nitrogens with one attached hydrogen (secondary N) is 2. The van der Waals surface area contributed by atoms with E-state index in [-0.39, 0.29) is 11.4 Å². The Morgan fingerprint density at radius 2 is 1.59 bits per heavy atom. The standard InChI is InChI=1S/C18H21BrN2O/c1-18(2,3)14-6-10-16(11-7-14)21-17(22)20-12-13-4-8-15(19)9-5-13/h4-11H,12H2,1-3H3,(H2,20,21,22).